The lowest BCUT2D eigenvalue weighted by atomic mass is 9.75. The fourth-order valence-electron chi connectivity index (χ4n) is 3.64. The van der Waals surface area contributed by atoms with Gasteiger partial charge < -0.3 is 15.0 Å². The van der Waals surface area contributed by atoms with E-state index in [9.17, 15) is 9.59 Å². The second-order valence-electron chi connectivity index (χ2n) is 6.69. The van der Waals surface area contributed by atoms with Gasteiger partial charge in [0, 0.05) is 25.0 Å². The number of hydrogen-bond acceptors (Lipinski definition) is 3. The first-order valence-electron chi connectivity index (χ1n) is 8.96. The topological polar surface area (TPSA) is 58.6 Å². The lowest BCUT2D eigenvalue weighted by Gasteiger charge is -2.39. The van der Waals surface area contributed by atoms with E-state index in [-0.39, 0.29) is 24.0 Å². The quantitative estimate of drug-likeness (QED) is 0.923. The van der Waals surface area contributed by atoms with Gasteiger partial charge in [0.05, 0.1) is 12.5 Å². The minimum atomic E-state index is -0.305. The number of ether oxygens (including phenoxy) is 1. The highest BCUT2D eigenvalue weighted by Gasteiger charge is 2.36. The van der Waals surface area contributed by atoms with Crippen molar-refractivity contribution < 1.29 is 14.3 Å². The summed E-state index contributed by atoms with van der Waals surface area (Å²) in [5.41, 5.74) is 1.30. The molecular weight excluding hydrogens is 304 g/mol. The third-order valence-corrected chi connectivity index (χ3v) is 5.15. The van der Waals surface area contributed by atoms with Gasteiger partial charge in [0.25, 0.3) is 0 Å². The molecule has 2 amide bonds. The van der Waals surface area contributed by atoms with Gasteiger partial charge in [0.15, 0.2) is 0 Å². The van der Waals surface area contributed by atoms with Gasteiger partial charge in [-0.3, -0.25) is 4.79 Å². The van der Waals surface area contributed by atoms with E-state index in [0.29, 0.717) is 25.6 Å². The number of carbonyl (C=O) groups is 2. The predicted octanol–water partition coefficient (Wildman–Crippen LogP) is 2.92. The smallest absolute Gasteiger partial charge is 0.409 e. The molecule has 1 aromatic rings. The summed E-state index contributed by atoms with van der Waals surface area (Å²) in [4.78, 5) is 26.1. The molecule has 1 saturated carbocycles. The van der Waals surface area contributed by atoms with Crippen LogP contribution in [0.4, 0.5) is 4.79 Å². The van der Waals surface area contributed by atoms with Crippen molar-refractivity contribution >= 4 is 12.0 Å². The van der Waals surface area contributed by atoms with Crippen molar-refractivity contribution in [1.29, 1.82) is 0 Å². The van der Waals surface area contributed by atoms with Crippen molar-refractivity contribution in [2.45, 2.75) is 44.6 Å². The summed E-state index contributed by atoms with van der Waals surface area (Å²) in [6, 6.07) is 10.6. The van der Waals surface area contributed by atoms with Crippen molar-refractivity contribution in [2.24, 2.45) is 5.92 Å². The number of nitrogens with one attached hydrogen (secondary N) is 1. The number of hydrogen-bond donors (Lipinski definition) is 1. The summed E-state index contributed by atoms with van der Waals surface area (Å²) < 4.78 is 5.05. The van der Waals surface area contributed by atoms with E-state index in [1.165, 1.54) is 5.56 Å². The molecule has 130 valence electrons. The first kappa shape index (κ1) is 16.8. The highest BCUT2D eigenvalue weighted by atomic mass is 16.6. The van der Waals surface area contributed by atoms with Crippen LogP contribution in [0.2, 0.25) is 0 Å². The molecule has 3 atom stereocenters. The van der Waals surface area contributed by atoms with Gasteiger partial charge in [-0.05, 0) is 38.2 Å². The lowest BCUT2D eigenvalue weighted by molar-refractivity contribution is -0.127. The molecule has 1 heterocycles. The second-order valence-corrected chi connectivity index (χ2v) is 6.69. The Morgan fingerprint density at radius 1 is 1.21 bits per heavy atom. The highest BCUT2D eigenvalue weighted by Crippen LogP contribution is 2.37. The van der Waals surface area contributed by atoms with E-state index in [1.807, 2.05) is 18.2 Å². The van der Waals surface area contributed by atoms with Crippen LogP contribution in [0.3, 0.4) is 0 Å². The molecule has 24 heavy (non-hydrogen) atoms. The van der Waals surface area contributed by atoms with Gasteiger partial charge >= 0.3 is 6.09 Å². The van der Waals surface area contributed by atoms with Crippen LogP contribution in [0.1, 0.15) is 44.1 Å². The summed E-state index contributed by atoms with van der Waals surface area (Å²) in [6.45, 7) is 3.31. The van der Waals surface area contributed by atoms with Gasteiger partial charge in [-0.25, -0.2) is 4.79 Å². The van der Waals surface area contributed by atoms with Crippen LogP contribution in [-0.4, -0.2) is 42.6 Å². The standard InChI is InChI=1S/C19H26N2O3/c1-2-24-19(23)21-12-6-9-15(13-21)18(22)20-17-11-10-16(17)14-7-4-3-5-8-14/h3-5,7-8,15-17H,2,6,9-13H2,1H3,(H,20,22)/t15-,16+,17-/m0/s1. The molecule has 0 spiro atoms. The maximum Gasteiger partial charge on any atom is 0.409 e. The van der Waals surface area contributed by atoms with E-state index in [2.05, 4.69) is 17.4 Å². The largest absolute Gasteiger partial charge is 0.450 e. The number of rotatable bonds is 4. The molecule has 3 rings (SSSR count). The van der Waals surface area contributed by atoms with Crippen LogP contribution in [0.5, 0.6) is 0 Å². The zero-order valence-electron chi connectivity index (χ0n) is 14.2. The van der Waals surface area contributed by atoms with Gasteiger partial charge in [0.2, 0.25) is 5.91 Å². The molecule has 1 saturated heterocycles. The Morgan fingerprint density at radius 3 is 2.67 bits per heavy atom. The molecule has 1 aliphatic heterocycles. The van der Waals surface area contributed by atoms with Crippen molar-refractivity contribution in [3.05, 3.63) is 35.9 Å². The van der Waals surface area contributed by atoms with E-state index in [4.69, 9.17) is 4.74 Å². The van der Waals surface area contributed by atoms with Crippen LogP contribution in [0.15, 0.2) is 30.3 Å². The Hall–Kier alpha value is -2.04. The van der Waals surface area contributed by atoms with Crippen LogP contribution < -0.4 is 5.32 Å². The first-order chi connectivity index (χ1) is 11.7. The summed E-state index contributed by atoms with van der Waals surface area (Å²) in [5, 5.41) is 3.21. The third kappa shape index (κ3) is 3.71. The van der Waals surface area contributed by atoms with Crippen LogP contribution in [-0.2, 0) is 9.53 Å². The molecule has 1 aromatic carbocycles. The van der Waals surface area contributed by atoms with Crippen molar-refractivity contribution in [3.63, 3.8) is 0 Å². The number of amides is 2. The number of nitrogens with zero attached hydrogens (tertiary/aromatic N) is 1. The Bertz CT molecular complexity index is 575. The number of benzene rings is 1. The van der Waals surface area contributed by atoms with Crippen molar-refractivity contribution in [3.8, 4) is 0 Å². The fraction of sp³-hybridized carbons (Fsp3) is 0.579. The zero-order valence-corrected chi connectivity index (χ0v) is 14.2. The lowest BCUT2D eigenvalue weighted by Crippen LogP contribution is -2.51. The van der Waals surface area contributed by atoms with Gasteiger partial charge in [-0.15, -0.1) is 0 Å². The van der Waals surface area contributed by atoms with E-state index < -0.39 is 0 Å². The summed E-state index contributed by atoms with van der Waals surface area (Å²) in [7, 11) is 0. The average molecular weight is 330 g/mol. The SMILES string of the molecule is CCOC(=O)N1CCC[C@H](C(=O)N[C@H]2CC[C@@H]2c2ccccc2)C1. The number of piperidine rings is 1. The molecular formula is C19H26N2O3. The van der Waals surface area contributed by atoms with Crippen LogP contribution in [0, 0.1) is 5.92 Å². The van der Waals surface area contributed by atoms with Gasteiger partial charge in [-0.2, -0.15) is 0 Å². The molecule has 1 N–H and O–H groups in total. The molecule has 2 aliphatic rings. The summed E-state index contributed by atoms with van der Waals surface area (Å²) in [5.74, 6) is 0.370. The zero-order chi connectivity index (χ0) is 16.9. The van der Waals surface area contributed by atoms with E-state index in [1.54, 1.807) is 11.8 Å². The molecule has 5 heteroatoms. The fourth-order valence-corrected chi connectivity index (χ4v) is 3.64. The summed E-state index contributed by atoms with van der Waals surface area (Å²) in [6.07, 6.45) is 3.53. The first-order valence-corrected chi connectivity index (χ1v) is 8.96. The predicted molar refractivity (Wildman–Crippen MR) is 91.7 cm³/mol. The minimum Gasteiger partial charge on any atom is -0.450 e. The maximum absolute atomic E-state index is 12.6. The van der Waals surface area contributed by atoms with Crippen LogP contribution >= 0.6 is 0 Å². The average Bonchev–Trinajstić information content (AvgIpc) is 2.60. The molecule has 1 aliphatic carbocycles. The third-order valence-electron chi connectivity index (χ3n) is 5.15. The Kier molecular flexibility index (Phi) is 5.38. The maximum atomic E-state index is 12.6. The summed E-state index contributed by atoms with van der Waals surface area (Å²) >= 11 is 0. The molecule has 0 bridgehead atoms. The molecule has 2 fully saturated rings. The Labute approximate surface area is 143 Å². The molecule has 0 unspecified atom stereocenters. The van der Waals surface area contributed by atoms with Crippen molar-refractivity contribution in [1.82, 2.24) is 10.2 Å². The highest BCUT2D eigenvalue weighted by molar-refractivity contribution is 5.80. The van der Waals surface area contributed by atoms with E-state index >= 15 is 0 Å². The molecule has 0 aromatic heterocycles. The minimum absolute atomic E-state index is 0.0784. The number of carbonyl (C=O) groups excluding carboxylic acids is 2. The number of likely N-dealkylation sites (tertiary alicyclic amines) is 1. The van der Waals surface area contributed by atoms with Crippen LogP contribution in [0.25, 0.3) is 0 Å². The molecule has 0 radical (unpaired) electrons. The monoisotopic (exact) mass is 330 g/mol. The van der Waals surface area contributed by atoms with E-state index in [0.717, 1.165) is 25.7 Å². The van der Waals surface area contributed by atoms with Crippen molar-refractivity contribution in [2.75, 3.05) is 19.7 Å². The second kappa shape index (κ2) is 7.69. The van der Waals surface area contributed by atoms with Gasteiger partial charge in [-0.1, -0.05) is 30.3 Å². The Morgan fingerprint density at radius 2 is 2.00 bits per heavy atom. The van der Waals surface area contributed by atoms with Gasteiger partial charge in [0.1, 0.15) is 0 Å². The Balaban J connectivity index is 1.54. The normalized spacial score (nSPS) is 26.4. The molecule has 5 nitrogen and oxygen atoms in total.